The van der Waals surface area contributed by atoms with Crippen molar-refractivity contribution in [2.75, 3.05) is 5.73 Å². The van der Waals surface area contributed by atoms with E-state index in [0.717, 1.165) is 16.0 Å². The van der Waals surface area contributed by atoms with Crippen LogP contribution < -0.4 is 5.73 Å². The van der Waals surface area contributed by atoms with E-state index in [1.165, 1.54) is 38.5 Å². The molecule has 0 spiro atoms. The maximum Gasteiger partial charge on any atom is 0.141 e. The van der Waals surface area contributed by atoms with Gasteiger partial charge in [0.25, 0.3) is 0 Å². The normalized spacial score (nSPS) is 22.9. The predicted octanol–water partition coefficient (Wildman–Crippen LogP) is 3.53. The molecule has 1 heterocycles. The average Bonchev–Trinajstić information content (AvgIpc) is 2.85. The Bertz CT molecular complexity index is 448. The molecule has 0 bridgehead atoms. The van der Waals surface area contributed by atoms with Crippen LogP contribution in [-0.2, 0) is 5.41 Å². The molecule has 2 saturated carbocycles. The second kappa shape index (κ2) is 3.94. The second-order valence-corrected chi connectivity index (χ2v) is 6.47. The van der Waals surface area contributed by atoms with Crippen molar-refractivity contribution >= 4 is 21.7 Å². The fourth-order valence-electron chi connectivity index (χ4n) is 2.63. The molecule has 0 aromatic carbocycles. The average molecular weight is 296 g/mol. The van der Waals surface area contributed by atoms with Gasteiger partial charge >= 0.3 is 0 Å². The summed E-state index contributed by atoms with van der Waals surface area (Å²) in [7, 11) is 0. The van der Waals surface area contributed by atoms with Crippen molar-refractivity contribution in [3.8, 4) is 0 Å². The van der Waals surface area contributed by atoms with Gasteiger partial charge in [0, 0.05) is 11.3 Å². The first-order valence-electron chi connectivity index (χ1n) is 6.43. The molecule has 0 amide bonds. The molecule has 2 aliphatic carbocycles. The van der Waals surface area contributed by atoms with Gasteiger partial charge in [-0.15, -0.1) is 0 Å². The third-order valence-corrected chi connectivity index (χ3v) is 5.00. The number of hydrogen-bond donors (Lipinski definition) is 1. The van der Waals surface area contributed by atoms with E-state index in [1.807, 2.05) is 0 Å². The van der Waals surface area contributed by atoms with Gasteiger partial charge in [0.05, 0.1) is 10.2 Å². The standard InChI is InChI=1S/C13H18BrN3/c1-13(6-7-13)12-16-10(8-4-2-3-5-8)9(14)11(15)17-12/h8H,2-7H2,1H3,(H2,15,16,17). The van der Waals surface area contributed by atoms with Gasteiger partial charge < -0.3 is 5.73 Å². The highest BCUT2D eigenvalue weighted by Gasteiger charge is 2.43. The van der Waals surface area contributed by atoms with Crippen LogP contribution in [0.5, 0.6) is 0 Å². The molecule has 2 aliphatic rings. The van der Waals surface area contributed by atoms with Crippen LogP contribution in [0, 0.1) is 0 Å². The maximum absolute atomic E-state index is 6.02. The van der Waals surface area contributed by atoms with E-state index in [9.17, 15) is 0 Å². The predicted molar refractivity (Wildman–Crippen MR) is 71.9 cm³/mol. The first-order chi connectivity index (χ1) is 8.10. The maximum atomic E-state index is 6.02. The third-order valence-electron chi connectivity index (χ3n) is 4.18. The number of nitrogen functional groups attached to an aromatic ring is 1. The fourth-order valence-corrected chi connectivity index (χ4v) is 3.13. The Labute approximate surface area is 110 Å². The topological polar surface area (TPSA) is 51.8 Å². The fraction of sp³-hybridized carbons (Fsp3) is 0.692. The molecule has 17 heavy (non-hydrogen) atoms. The molecule has 1 aromatic rings. The van der Waals surface area contributed by atoms with Crippen LogP contribution in [0.4, 0.5) is 5.82 Å². The van der Waals surface area contributed by atoms with Gasteiger partial charge in [-0.1, -0.05) is 19.8 Å². The van der Waals surface area contributed by atoms with E-state index in [4.69, 9.17) is 10.7 Å². The summed E-state index contributed by atoms with van der Waals surface area (Å²) < 4.78 is 0.928. The SMILES string of the molecule is CC1(c2nc(N)c(Br)c(C3CCCC3)n2)CC1. The van der Waals surface area contributed by atoms with E-state index in [2.05, 4.69) is 27.8 Å². The lowest BCUT2D eigenvalue weighted by atomic mass is 10.0. The smallest absolute Gasteiger partial charge is 0.141 e. The summed E-state index contributed by atoms with van der Waals surface area (Å²) in [6.07, 6.45) is 7.49. The summed E-state index contributed by atoms with van der Waals surface area (Å²) in [6, 6.07) is 0. The molecule has 0 unspecified atom stereocenters. The summed E-state index contributed by atoms with van der Waals surface area (Å²) in [5.41, 5.74) is 7.36. The van der Waals surface area contributed by atoms with Gasteiger partial charge in [-0.25, -0.2) is 9.97 Å². The Morgan fingerprint density at radius 3 is 2.47 bits per heavy atom. The minimum atomic E-state index is 0.197. The quantitative estimate of drug-likeness (QED) is 0.908. The zero-order chi connectivity index (χ0) is 12.0. The molecule has 4 heteroatoms. The lowest BCUT2D eigenvalue weighted by Gasteiger charge is -2.16. The van der Waals surface area contributed by atoms with Crippen LogP contribution in [-0.4, -0.2) is 9.97 Å². The molecule has 1 aromatic heterocycles. The van der Waals surface area contributed by atoms with Gasteiger partial charge in [0.1, 0.15) is 11.6 Å². The Hall–Kier alpha value is -0.640. The summed E-state index contributed by atoms with van der Waals surface area (Å²) in [4.78, 5) is 9.27. The van der Waals surface area contributed by atoms with Gasteiger partial charge in [-0.2, -0.15) is 0 Å². The van der Waals surface area contributed by atoms with E-state index < -0.39 is 0 Å². The van der Waals surface area contributed by atoms with Crippen LogP contribution in [0.15, 0.2) is 4.47 Å². The minimum Gasteiger partial charge on any atom is -0.383 e. The highest BCUT2D eigenvalue weighted by Crippen LogP contribution is 2.47. The Kier molecular flexibility index (Phi) is 2.65. The molecule has 0 atom stereocenters. The number of aromatic nitrogens is 2. The number of hydrogen-bond acceptors (Lipinski definition) is 3. The Morgan fingerprint density at radius 1 is 1.24 bits per heavy atom. The lowest BCUT2D eigenvalue weighted by Crippen LogP contribution is -2.13. The van der Waals surface area contributed by atoms with Crippen LogP contribution in [0.2, 0.25) is 0 Å². The Balaban J connectivity index is 2.03. The molecule has 0 aliphatic heterocycles. The van der Waals surface area contributed by atoms with Gasteiger partial charge in [0.15, 0.2) is 0 Å². The molecule has 2 fully saturated rings. The van der Waals surface area contributed by atoms with Crippen molar-refractivity contribution in [1.29, 1.82) is 0 Å². The van der Waals surface area contributed by atoms with E-state index >= 15 is 0 Å². The zero-order valence-corrected chi connectivity index (χ0v) is 11.8. The van der Waals surface area contributed by atoms with E-state index in [-0.39, 0.29) is 5.41 Å². The van der Waals surface area contributed by atoms with Crippen molar-refractivity contribution in [1.82, 2.24) is 9.97 Å². The molecule has 0 saturated heterocycles. The Morgan fingerprint density at radius 2 is 1.88 bits per heavy atom. The van der Waals surface area contributed by atoms with Crippen LogP contribution in [0.25, 0.3) is 0 Å². The minimum absolute atomic E-state index is 0.197. The summed E-state index contributed by atoms with van der Waals surface area (Å²) in [5, 5.41) is 0. The monoisotopic (exact) mass is 295 g/mol. The van der Waals surface area contributed by atoms with Crippen LogP contribution in [0.3, 0.4) is 0 Å². The van der Waals surface area contributed by atoms with Crippen LogP contribution >= 0.6 is 15.9 Å². The van der Waals surface area contributed by atoms with Crippen molar-refractivity contribution in [2.45, 2.75) is 56.8 Å². The first-order valence-corrected chi connectivity index (χ1v) is 7.23. The molecule has 2 N–H and O–H groups in total. The van der Waals surface area contributed by atoms with E-state index in [1.54, 1.807) is 0 Å². The second-order valence-electron chi connectivity index (χ2n) is 5.67. The molecule has 3 nitrogen and oxygen atoms in total. The summed E-state index contributed by atoms with van der Waals surface area (Å²) in [5.74, 6) is 2.15. The number of nitrogens with zero attached hydrogens (tertiary/aromatic N) is 2. The van der Waals surface area contributed by atoms with Gasteiger partial charge in [0.2, 0.25) is 0 Å². The van der Waals surface area contributed by atoms with Crippen molar-refractivity contribution < 1.29 is 0 Å². The third kappa shape index (κ3) is 1.96. The molecular formula is C13H18BrN3. The molecular weight excluding hydrogens is 278 g/mol. The molecule has 0 radical (unpaired) electrons. The highest BCUT2D eigenvalue weighted by atomic mass is 79.9. The summed E-state index contributed by atoms with van der Waals surface area (Å²) in [6.45, 7) is 2.23. The number of anilines is 1. The van der Waals surface area contributed by atoms with Crippen molar-refractivity contribution in [2.24, 2.45) is 0 Å². The van der Waals surface area contributed by atoms with Gasteiger partial charge in [-0.05, 0) is 41.6 Å². The van der Waals surface area contributed by atoms with Crippen LogP contribution in [0.1, 0.15) is 62.9 Å². The molecule has 92 valence electrons. The highest BCUT2D eigenvalue weighted by molar-refractivity contribution is 9.10. The summed E-state index contributed by atoms with van der Waals surface area (Å²) >= 11 is 3.56. The van der Waals surface area contributed by atoms with E-state index in [0.29, 0.717) is 11.7 Å². The van der Waals surface area contributed by atoms with Crippen molar-refractivity contribution in [3.63, 3.8) is 0 Å². The first kappa shape index (κ1) is 11.5. The van der Waals surface area contributed by atoms with Gasteiger partial charge in [-0.3, -0.25) is 0 Å². The number of rotatable bonds is 2. The zero-order valence-electron chi connectivity index (χ0n) is 10.2. The largest absolute Gasteiger partial charge is 0.383 e. The van der Waals surface area contributed by atoms with Crippen molar-refractivity contribution in [3.05, 3.63) is 16.0 Å². The lowest BCUT2D eigenvalue weighted by molar-refractivity contribution is 0.647. The number of halogens is 1. The molecule has 3 rings (SSSR count). The number of nitrogens with two attached hydrogens (primary N) is 1.